The topological polar surface area (TPSA) is 120 Å². The summed E-state index contributed by atoms with van der Waals surface area (Å²) in [5.41, 5.74) is 3.18. The number of carbonyl (C=O) groups is 1. The molecule has 0 bridgehead atoms. The van der Waals surface area contributed by atoms with Gasteiger partial charge in [0.15, 0.2) is 0 Å². The van der Waals surface area contributed by atoms with Crippen molar-refractivity contribution in [1.29, 1.82) is 0 Å². The van der Waals surface area contributed by atoms with Crippen LogP contribution in [0.15, 0.2) is 107 Å². The number of nitro groups is 1. The molecule has 0 saturated carbocycles. The Morgan fingerprint density at radius 1 is 1.00 bits per heavy atom. The highest BCUT2D eigenvalue weighted by molar-refractivity contribution is 7.58. The second kappa shape index (κ2) is 14.6. The quantitative estimate of drug-likeness (QED) is 0.100. The molecule has 1 unspecified atom stereocenters. The summed E-state index contributed by atoms with van der Waals surface area (Å²) in [6, 6.07) is 25.9. The summed E-state index contributed by atoms with van der Waals surface area (Å²) < 4.78 is 32.1. The van der Waals surface area contributed by atoms with Crippen molar-refractivity contribution in [3.63, 3.8) is 0 Å². The zero-order chi connectivity index (χ0) is 32.2. The fraction of sp³-hybridized carbons (Fsp3) is 0.324. The Bertz CT molecular complexity index is 1660. The van der Waals surface area contributed by atoms with Gasteiger partial charge in [0.1, 0.15) is 6.61 Å². The number of carbonyl (C=O) groups excluding carboxylic acids is 1. The fourth-order valence-corrected chi connectivity index (χ4v) is 8.02. The molecule has 0 aliphatic carbocycles. The van der Waals surface area contributed by atoms with Gasteiger partial charge < -0.3 is 24.0 Å². The summed E-state index contributed by atoms with van der Waals surface area (Å²) in [5.74, 6) is -1.58. The van der Waals surface area contributed by atoms with Crippen LogP contribution in [0.1, 0.15) is 44.7 Å². The van der Waals surface area contributed by atoms with Crippen LogP contribution in [0, 0.1) is 15.5 Å². The molecule has 3 aromatic rings. The first-order valence-corrected chi connectivity index (χ1v) is 16.4. The number of rotatable bonds is 10. The fourth-order valence-electron chi connectivity index (χ4n) is 5.57. The minimum absolute atomic E-state index is 0. The summed E-state index contributed by atoms with van der Waals surface area (Å²) in [6.45, 7) is 8.80. The van der Waals surface area contributed by atoms with Crippen LogP contribution < -0.4 is 10.2 Å². The van der Waals surface area contributed by atoms with Crippen LogP contribution >= 0.6 is 20.0 Å². The van der Waals surface area contributed by atoms with Crippen LogP contribution in [0.2, 0.25) is 0 Å². The van der Waals surface area contributed by atoms with Crippen LogP contribution in [-0.2, 0) is 29.7 Å². The number of nitro benzene ring substituents is 1. The number of non-ortho nitro benzene ring substituents is 1. The molecular formula is C34H39ClN3O7P. The van der Waals surface area contributed by atoms with Gasteiger partial charge in [-0.15, -0.1) is 12.4 Å². The SMILES string of the molecule is CC1=C(C(=O)OCCN(Cc2ccccc2)c2ccccc2)C(c2cccc([N+](=O)[O-])c2)C(P2(=O)OCC(C)(C)CO2)=C(C)N1.Cl. The number of halogens is 1. The number of nitrogens with zero attached hydrogens (tertiary/aromatic N) is 2. The van der Waals surface area contributed by atoms with Crippen molar-refractivity contribution in [2.75, 3.05) is 31.3 Å². The number of dihydropyridines is 1. The Morgan fingerprint density at radius 2 is 1.63 bits per heavy atom. The Balaban J connectivity index is 0.00000480. The van der Waals surface area contributed by atoms with Gasteiger partial charge in [-0.3, -0.25) is 14.7 Å². The zero-order valence-electron chi connectivity index (χ0n) is 26.3. The molecule has 1 N–H and O–H groups in total. The molecule has 2 aliphatic rings. The highest BCUT2D eigenvalue weighted by atomic mass is 35.5. The third-order valence-electron chi connectivity index (χ3n) is 7.84. The first-order chi connectivity index (χ1) is 21.5. The first kappa shape index (κ1) is 34.9. The third-order valence-corrected chi connectivity index (χ3v) is 9.96. The largest absolute Gasteiger partial charge is 0.460 e. The smallest absolute Gasteiger partial charge is 0.360 e. The molecule has 1 atom stereocenters. The van der Waals surface area contributed by atoms with E-state index in [1.807, 2.05) is 74.5 Å². The van der Waals surface area contributed by atoms with Gasteiger partial charge in [0, 0.05) is 41.2 Å². The van der Waals surface area contributed by atoms with Crippen molar-refractivity contribution in [2.45, 2.75) is 40.2 Å². The number of ether oxygens (including phenoxy) is 1. The minimum atomic E-state index is -3.91. The van der Waals surface area contributed by atoms with Gasteiger partial charge in [0.05, 0.1) is 41.5 Å². The molecule has 3 aromatic carbocycles. The number of allylic oxidation sites excluding steroid dienone is 3. The summed E-state index contributed by atoms with van der Waals surface area (Å²) in [7, 11) is -3.91. The standard InChI is InChI=1S/C34H38N3O7P.ClH/c1-24-30(33(38)42-19-18-36(28-15-9-6-10-16-28)21-26-12-7-5-8-13-26)31(27-14-11-17-29(20-27)37(39)40)32(25(2)35-24)45(41)43-22-34(3,4)23-44-45;/h5-17,20,31,35H,18-19,21-23H2,1-4H3;1H. The molecule has 5 rings (SSSR count). The van der Waals surface area contributed by atoms with Crippen molar-refractivity contribution < 1.29 is 28.1 Å². The van der Waals surface area contributed by atoms with Gasteiger partial charge in [0.25, 0.3) is 5.69 Å². The van der Waals surface area contributed by atoms with Crippen LogP contribution in [0.3, 0.4) is 0 Å². The maximum atomic E-state index is 14.3. The highest BCUT2D eigenvalue weighted by Crippen LogP contribution is 2.66. The van der Waals surface area contributed by atoms with E-state index in [4.69, 9.17) is 13.8 Å². The molecule has 10 nitrogen and oxygen atoms in total. The lowest BCUT2D eigenvalue weighted by Gasteiger charge is -2.39. The van der Waals surface area contributed by atoms with Gasteiger partial charge in [-0.05, 0) is 37.1 Å². The van der Waals surface area contributed by atoms with E-state index in [9.17, 15) is 19.5 Å². The van der Waals surface area contributed by atoms with Crippen molar-refractivity contribution >= 4 is 37.3 Å². The van der Waals surface area contributed by atoms with E-state index in [2.05, 4.69) is 10.2 Å². The lowest BCUT2D eigenvalue weighted by Crippen LogP contribution is -2.34. The number of hydrogen-bond donors (Lipinski definition) is 1. The summed E-state index contributed by atoms with van der Waals surface area (Å²) >= 11 is 0. The minimum Gasteiger partial charge on any atom is -0.460 e. The molecule has 0 radical (unpaired) electrons. The van der Waals surface area contributed by atoms with Gasteiger partial charge in [-0.1, -0.05) is 74.5 Å². The predicted molar refractivity (Wildman–Crippen MR) is 180 cm³/mol. The zero-order valence-corrected chi connectivity index (χ0v) is 28.0. The second-order valence-corrected chi connectivity index (χ2v) is 14.0. The molecule has 0 amide bonds. The second-order valence-electron chi connectivity index (χ2n) is 12.0. The Morgan fingerprint density at radius 3 is 2.26 bits per heavy atom. The van der Waals surface area contributed by atoms with Crippen molar-refractivity contribution in [3.05, 3.63) is 128 Å². The molecular weight excluding hydrogens is 629 g/mol. The van der Waals surface area contributed by atoms with E-state index in [0.29, 0.717) is 30.0 Å². The lowest BCUT2D eigenvalue weighted by molar-refractivity contribution is -0.384. The molecule has 0 spiro atoms. The van der Waals surface area contributed by atoms with Gasteiger partial charge in [-0.2, -0.15) is 0 Å². The van der Waals surface area contributed by atoms with E-state index >= 15 is 0 Å². The van der Waals surface area contributed by atoms with E-state index in [1.54, 1.807) is 26.0 Å². The lowest BCUT2D eigenvalue weighted by atomic mass is 9.86. The third kappa shape index (κ3) is 7.88. The first-order valence-electron chi connectivity index (χ1n) is 14.8. The van der Waals surface area contributed by atoms with Crippen LogP contribution in [0.4, 0.5) is 11.4 Å². The van der Waals surface area contributed by atoms with Gasteiger partial charge in [-0.25, -0.2) is 4.79 Å². The summed E-state index contributed by atoms with van der Waals surface area (Å²) in [6.07, 6.45) is 0. The Hall–Kier alpha value is -3.95. The maximum absolute atomic E-state index is 14.3. The van der Waals surface area contributed by atoms with Crippen molar-refractivity contribution in [2.24, 2.45) is 5.41 Å². The van der Waals surface area contributed by atoms with Gasteiger partial charge in [0.2, 0.25) is 0 Å². The number of esters is 1. The van der Waals surface area contributed by atoms with Gasteiger partial charge >= 0.3 is 13.6 Å². The molecule has 2 heterocycles. The molecule has 244 valence electrons. The van der Waals surface area contributed by atoms with Crippen LogP contribution in [0.25, 0.3) is 0 Å². The Labute approximate surface area is 275 Å². The van der Waals surface area contributed by atoms with Crippen LogP contribution in [0.5, 0.6) is 0 Å². The van der Waals surface area contributed by atoms with Crippen molar-refractivity contribution in [1.82, 2.24) is 5.32 Å². The van der Waals surface area contributed by atoms with E-state index in [0.717, 1.165) is 11.3 Å². The predicted octanol–water partition coefficient (Wildman–Crippen LogP) is 7.73. The number of nitrogens with one attached hydrogen (secondary N) is 1. The summed E-state index contributed by atoms with van der Waals surface area (Å²) in [5, 5.41) is 15.1. The van der Waals surface area contributed by atoms with Crippen LogP contribution in [-0.4, -0.2) is 37.3 Å². The normalized spacial score (nSPS) is 18.7. The average molecular weight is 668 g/mol. The average Bonchev–Trinajstić information content (AvgIpc) is 3.02. The molecule has 2 aliphatic heterocycles. The monoisotopic (exact) mass is 667 g/mol. The molecule has 1 fully saturated rings. The molecule has 0 aromatic heterocycles. The number of anilines is 1. The number of benzene rings is 3. The number of para-hydroxylation sites is 1. The highest BCUT2D eigenvalue weighted by Gasteiger charge is 2.48. The number of hydrogen-bond acceptors (Lipinski definition) is 9. The Kier molecular flexibility index (Phi) is 11.1. The van der Waals surface area contributed by atoms with E-state index in [1.165, 1.54) is 12.1 Å². The molecule has 46 heavy (non-hydrogen) atoms. The molecule has 12 heteroatoms. The summed E-state index contributed by atoms with van der Waals surface area (Å²) in [4.78, 5) is 27.3. The van der Waals surface area contributed by atoms with E-state index < -0.39 is 24.4 Å². The maximum Gasteiger partial charge on any atom is 0.360 e. The molecule has 1 saturated heterocycles. The van der Waals surface area contributed by atoms with Crippen molar-refractivity contribution in [3.8, 4) is 0 Å². The van der Waals surface area contributed by atoms with E-state index in [-0.39, 0.29) is 54.2 Å².